The average Bonchev–Trinajstić information content (AvgIpc) is 3.44. The number of hydrogen-bond donors (Lipinski definition) is 0. The molecule has 0 N–H and O–H groups in total. The first kappa shape index (κ1) is 17.4. The lowest BCUT2D eigenvalue weighted by Crippen LogP contribution is -2.48. The van der Waals surface area contributed by atoms with E-state index in [2.05, 4.69) is 0 Å². The summed E-state index contributed by atoms with van der Waals surface area (Å²) in [6.07, 6.45) is 4.63. The zero-order valence-electron chi connectivity index (χ0n) is 14.8. The number of halogens is 2. The maximum atomic E-state index is 13.8. The predicted octanol–water partition coefficient (Wildman–Crippen LogP) is 2.76. The molecule has 2 atom stereocenters. The van der Waals surface area contributed by atoms with Gasteiger partial charge in [-0.3, -0.25) is 9.59 Å². The van der Waals surface area contributed by atoms with E-state index >= 15 is 0 Å². The summed E-state index contributed by atoms with van der Waals surface area (Å²) in [7, 11) is 0. The maximum absolute atomic E-state index is 13.8. The number of hydrogen-bond acceptors (Lipinski definition) is 2. The lowest BCUT2D eigenvalue weighted by atomic mass is 9.94. The number of nitrogens with zero attached hydrogens (tertiary/aromatic N) is 2. The van der Waals surface area contributed by atoms with Crippen LogP contribution in [-0.2, 0) is 16.0 Å². The van der Waals surface area contributed by atoms with Gasteiger partial charge in [-0.1, -0.05) is 6.07 Å². The van der Waals surface area contributed by atoms with Crippen LogP contribution in [0.3, 0.4) is 0 Å². The van der Waals surface area contributed by atoms with Gasteiger partial charge in [0.2, 0.25) is 11.8 Å². The molecule has 6 heteroatoms. The molecule has 1 aromatic carbocycles. The van der Waals surface area contributed by atoms with E-state index in [1.807, 2.05) is 4.90 Å². The highest BCUT2D eigenvalue weighted by Crippen LogP contribution is 2.35. The molecule has 4 aliphatic rings. The predicted molar refractivity (Wildman–Crippen MR) is 92.2 cm³/mol. The van der Waals surface area contributed by atoms with E-state index in [-0.39, 0.29) is 36.6 Å². The number of rotatable bonds is 5. The zero-order valence-corrected chi connectivity index (χ0v) is 14.8. The van der Waals surface area contributed by atoms with Gasteiger partial charge in [0.05, 0.1) is 5.92 Å². The Morgan fingerprint density at radius 3 is 2.65 bits per heavy atom. The Morgan fingerprint density at radius 2 is 1.92 bits per heavy atom. The number of benzene rings is 1. The summed E-state index contributed by atoms with van der Waals surface area (Å²) in [6, 6.07) is 3.57. The third kappa shape index (κ3) is 3.60. The standard InChI is InChI=1S/C20H24F2N2O2/c21-16-6-3-14(18(22)9-16)5-8-19(25)23-11-15-4-7-17(12-23)24(20(15)26)10-13-1-2-13/h3,6,9,13,15,17H,1-2,4-5,7-8,10-12H2. The van der Waals surface area contributed by atoms with Gasteiger partial charge in [0, 0.05) is 38.2 Å². The molecule has 1 aliphatic carbocycles. The van der Waals surface area contributed by atoms with E-state index in [1.54, 1.807) is 4.90 Å². The largest absolute Gasteiger partial charge is 0.340 e. The van der Waals surface area contributed by atoms with Crippen LogP contribution in [0.2, 0.25) is 0 Å². The van der Waals surface area contributed by atoms with Crippen molar-refractivity contribution in [1.29, 1.82) is 0 Å². The van der Waals surface area contributed by atoms with Gasteiger partial charge in [0.15, 0.2) is 0 Å². The molecule has 0 spiro atoms. The molecular formula is C20H24F2N2O2. The van der Waals surface area contributed by atoms with Crippen molar-refractivity contribution in [3.05, 3.63) is 35.4 Å². The highest BCUT2D eigenvalue weighted by atomic mass is 19.1. The van der Waals surface area contributed by atoms with Crippen LogP contribution < -0.4 is 0 Å². The number of carbonyl (C=O) groups excluding carboxylic acids is 2. The van der Waals surface area contributed by atoms with Crippen LogP contribution in [0.5, 0.6) is 0 Å². The van der Waals surface area contributed by atoms with E-state index in [9.17, 15) is 18.4 Å². The van der Waals surface area contributed by atoms with Gasteiger partial charge >= 0.3 is 0 Å². The fourth-order valence-electron chi connectivity index (χ4n) is 4.19. The Balaban J connectivity index is 1.39. The molecule has 5 rings (SSSR count). The third-order valence-electron chi connectivity index (χ3n) is 5.92. The van der Waals surface area contributed by atoms with Gasteiger partial charge in [-0.15, -0.1) is 0 Å². The van der Waals surface area contributed by atoms with Crippen molar-refractivity contribution in [2.24, 2.45) is 11.8 Å². The number of amides is 2. The first-order chi connectivity index (χ1) is 12.5. The van der Waals surface area contributed by atoms with Gasteiger partial charge in [-0.2, -0.15) is 0 Å². The van der Waals surface area contributed by atoms with Crippen molar-refractivity contribution in [1.82, 2.24) is 9.80 Å². The summed E-state index contributed by atoms with van der Waals surface area (Å²) in [5.41, 5.74) is 0.351. The third-order valence-corrected chi connectivity index (χ3v) is 5.92. The number of carbonyl (C=O) groups is 2. The van der Waals surface area contributed by atoms with Gasteiger partial charge in [0.25, 0.3) is 0 Å². The minimum absolute atomic E-state index is 0.0494. The minimum Gasteiger partial charge on any atom is -0.340 e. The molecule has 1 aromatic rings. The summed E-state index contributed by atoms with van der Waals surface area (Å²) in [5, 5.41) is 0. The smallest absolute Gasteiger partial charge is 0.227 e. The Morgan fingerprint density at radius 1 is 1.12 bits per heavy atom. The Hall–Kier alpha value is -1.98. The second-order valence-corrected chi connectivity index (χ2v) is 7.90. The van der Waals surface area contributed by atoms with E-state index in [0.717, 1.165) is 25.5 Å². The molecular weight excluding hydrogens is 338 g/mol. The summed E-state index contributed by atoms with van der Waals surface area (Å²) in [5.74, 6) is -0.530. The molecule has 3 aliphatic heterocycles. The minimum atomic E-state index is -0.615. The zero-order chi connectivity index (χ0) is 18.3. The Bertz CT molecular complexity index is 720. The van der Waals surface area contributed by atoms with Gasteiger partial charge in [0.1, 0.15) is 11.6 Å². The molecule has 4 nitrogen and oxygen atoms in total. The van der Waals surface area contributed by atoms with Crippen LogP contribution in [0.25, 0.3) is 0 Å². The molecule has 2 bridgehead atoms. The normalized spacial score (nSPS) is 25.5. The number of aryl methyl sites for hydroxylation is 1. The second-order valence-electron chi connectivity index (χ2n) is 7.90. The van der Waals surface area contributed by atoms with Crippen molar-refractivity contribution in [2.45, 2.75) is 44.6 Å². The molecule has 2 unspecified atom stereocenters. The quantitative estimate of drug-likeness (QED) is 0.808. The maximum Gasteiger partial charge on any atom is 0.227 e. The molecule has 2 amide bonds. The van der Waals surface area contributed by atoms with Gasteiger partial charge < -0.3 is 9.80 Å². The molecule has 0 aromatic heterocycles. The van der Waals surface area contributed by atoms with E-state index in [1.165, 1.54) is 25.0 Å². The number of piperidine rings is 1. The lowest BCUT2D eigenvalue weighted by Gasteiger charge is -2.36. The fraction of sp³-hybridized carbons (Fsp3) is 0.600. The Kier molecular flexibility index (Phi) is 4.67. The van der Waals surface area contributed by atoms with Gasteiger partial charge in [-0.05, 0) is 49.7 Å². The molecule has 4 fully saturated rings. The summed E-state index contributed by atoms with van der Waals surface area (Å²) in [6.45, 7) is 1.89. The summed E-state index contributed by atoms with van der Waals surface area (Å²) in [4.78, 5) is 29.2. The highest BCUT2D eigenvalue weighted by Gasteiger charge is 2.43. The fourth-order valence-corrected chi connectivity index (χ4v) is 4.19. The lowest BCUT2D eigenvalue weighted by molar-refractivity contribution is -0.140. The summed E-state index contributed by atoms with van der Waals surface area (Å²) < 4.78 is 26.7. The van der Waals surface area contributed by atoms with Crippen molar-refractivity contribution in [2.75, 3.05) is 19.6 Å². The van der Waals surface area contributed by atoms with Gasteiger partial charge in [-0.25, -0.2) is 8.78 Å². The topological polar surface area (TPSA) is 40.6 Å². The molecule has 1 saturated carbocycles. The van der Waals surface area contributed by atoms with Crippen LogP contribution in [-0.4, -0.2) is 47.3 Å². The highest BCUT2D eigenvalue weighted by molar-refractivity contribution is 5.83. The first-order valence-corrected chi connectivity index (χ1v) is 9.53. The molecule has 3 heterocycles. The summed E-state index contributed by atoms with van der Waals surface area (Å²) >= 11 is 0. The Labute approximate surface area is 152 Å². The first-order valence-electron chi connectivity index (χ1n) is 9.53. The number of fused-ring (bicyclic) bond motifs is 4. The van der Waals surface area contributed by atoms with Crippen LogP contribution in [0.15, 0.2) is 18.2 Å². The van der Waals surface area contributed by atoms with Crippen molar-refractivity contribution in [3.63, 3.8) is 0 Å². The molecule has 3 saturated heterocycles. The van der Waals surface area contributed by atoms with Crippen LogP contribution >= 0.6 is 0 Å². The van der Waals surface area contributed by atoms with Crippen LogP contribution in [0.1, 0.15) is 37.7 Å². The second kappa shape index (κ2) is 6.97. The van der Waals surface area contributed by atoms with Crippen LogP contribution in [0, 0.1) is 23.5 Å². The van der Waals surface area contributed by atoms with Crippen LogP contribution in [0.4, 0.5) is 8.78 Å². The molecule has 0 radical (unpaired) electrons. The van der Waals surface area contributed by atoms with E-state index in [4.69, 9.17) is 0 Å². The van der Waals surface area contributed by atoms with E-state index in [0.29, 0.717) is 24.6 Å². The SMILES string of the molecule is O=C(CCc1ccc(F)cc1F)N1CC2CCC(C1)N(CC1CC1)C2=O. The van der Waals surface area contributed by atoms with E-state index < -0.39 is 11.6 Å². The molecule has 26 heavy (non-hydrogen) atoms. The average molecular weight is 362 g/mol. The van der Waals surface area contributed by atoms with Crippen molar-refractivity contribution < 1.29 is 18.4 Å². The molecule has 140 valence electrons. The van der Waals surface area contributed by atoms with Crippen molar-refractivity contribution in [3.8, 4) is 0 Å². The monoisotopic (exact) mass is 362 g/mol. The van der Waals surface area contributed by atoms with Crippen molar-refractivity contribution >= 4 is 11.8 Å².